The minimum absolute atomic E-state index is 0.0580. The lowest BCUT2D eigenvalue weighted by Crippen LogP contribution is -2.33. The molecule has 1 aliphatic heterocycles. The van der Waals surface area contributed by atoms with E-state index in [1.807, 2.05) is 6.92 Å². The Labute approximate surface area is 211 Å². The molecule has 188 valence electrons. The Hall–Kier alpha value is -3.69. The van der Waals surface area contributed by atoms with Crippen LogP contribution in [0.1, 0.15) is 42.3 Å². The lowest BCUT2D eigenvalue weighted by Gasteiger charge is -2.17. The molecule has 0 fully saturated rings. The lowest BCUT2D eigenvalue weighted by molar-refractivity contribution is -0.121. The fourth-order valence-electron chi connectivity index (χ4n) is 4.16. The number of hydrogen-bond acceptors (Lipinski definition) is 5. The van der Waals surface area contributed by atoms with Crippen molar-refractivity contribution in [3.63, 3.8) is 0 Å². The Morgan fingerprint density at radius 2 is 1.67 bits per heavy atom. The number of likely N-dealkylation sites (N-methyl/N-ethyl adjacent to an activating group) is 1. The first kappa shape index (κ1) is 25.4. The molecule has 1 heterocycles. The first-order chi connectivity index (χ1) is 17.0. The van der Waals surface area contributed by atoms with Gasteiger partial charge in [0.25, 0.3) is 5.91 Å². The molecule has 9 heteroatoms. The molecular weight excluding hydrogens is 478 g/mol. The van der Waals surface area contributed by atoms with E-state index in [2.05, 4.69) is 10.0 Å². The van der Waals surface area contributed by atoms with Gasteiger partial charge in [0.1, 0.15) is 5.75 Å². The molecule has 0 radical (unpaired) electrons. The zero-order valence-corrected chi connectivity index (χ0v) is 21.5. The lowest BCUT2D eigenvalue weighted by atomic mass is 9.86. The summed E-state index contributed by atoms with van der Waals surface area (Å²) in [5.74, 6) is 0.380. The predicted molar refractivity (Wildman–Crippen MR) is 139 cm³/mol. The molecule has 36 heavy (non-hydrogen) atoms. The number of sulfonamides is 1. The van der Waals surface area contributed by atoms with Gasteiger partial charge in [0.2, 0.25) is 15.9 Å². The van der Waals surface area contributed by atoms with E-state index in [-0.39, 0.29) is 23.3 Å². The maximum atomic E-state index is 12.9. The van der Waals surface area contributed by atoms with Gasteiger partial charge in [-0.1, -0.05) is 12.1 Å². The molecule has 0 saturated heterocycles. The Bertz CT molecular complexity index is 1400. The third kappa shape index (κ3) is 4.98. The van der Waals surface area contributed by atoms with E-state index in [0.29, 0.717) is 34.7 Å². The molecule has 3 aromatic carbocycles. The van der Waals surface area contributed by atoms with E-state index in [0.717, 1.165) is 5.75 Å². The number of ether oxygens (including phenoxy) is 1. The van der Waals surface area contributed by atoms with Gasteiger partial charge >= 0.3 is 0 Å². The van der Waals surface area contributed by atoms with Crippen molar-refractivity contribution < 1.29 is 22.7 Å². The Morgan fingerprint density at radius 1 is 1.00 bits per heavy atom. The molecule has 3 aromatic rings. The molecular formula is C27H29N3O5S. The van der Waals surface area contributed by atoms with Crippen molar-refractivity contribution in [2.24, 2.45) is 0 Å². The number of anilines is 2. The van der Waals surface area contributed by atoms with Gasteiger partial charge in [0, 0.05) is 30.5 Å². The number of benzene rings is 3. The molecule has 0 spiro atoms. The first-order valence-electron chi connectivity index (χ1n) is 11.6. The highest BCUT2D eigenvalue weighted by Gasteiger charge is 2.42. The maximum absolute atomic E-state index is 12.9. The van der Waals surface area contributed by atoms with Gasteiger partial charge in [-0.15, -0.1) is 0 Å². The van der Waals surface area contributed by atoms with E-state index in [9.17, 15) is 18.0 Å². The monoisotopic (exact) mass is 507 g/mol. The van der Waals surface area contributed by atoms with Crippen LogP contribution in [0.5, 0.6) is 5.75 Å². The second-order valence-corrected chi connectivity index (χ2v) is 10.9. The molecule has 0 aliphatic carbocycles. The highest BCUT2D eigenvalue weighted by atomic mass is 32.2. The van der Waals surface area contributed by atoms with Crippen LogP contribution in [0.25, 0.3) is 0 Å². The fraction of sp³-hybridized carbons (Fsp3) is 0.259. The summed E-state index contributed by atoms with van der Waals surface area (Å²) in [6, 6.07) is 18.5. The number of carbonyl (C=O) groups excluding carboxylic acids is 2. The number of nitrogens with zero attached hydrogens (tertiary/aromatic N) is 1. The average Bonchev–Trinajstić information content (AvgIpc) is 3.04. The van der Waals surface area contributed by atoms with Gasteiger partial charge in [0.05, 0.1) is 16.9 Å². The topological polar surface area (TPSA) is 105 Å². The van der Waals surface area contributed by atoms with Crippen molar-refractivity contribution in [3.8, 4) is 5.75 Å². The smallest absolute Gasteiger partial charge is 0.255 e. The van der Waals surface area contributed by atoms with E-state index in [1.54, 1.807) is 86.5 Å². The minimum atomic E-state index is -3.81. The highest BCUT2D eigenvalue weighted by Crippen LogP contribution is 2.41. The van der Waals surface area contributed by atoms with Crippen LogP contribution in [-0.2, 0) is 26.8 Å². The van der Waals surface area contributed by atoms with Crippen LogP contribution >= 0.6 is 0 Å². The Balaban J connectivity index is 1.40. The third-order valence-corrected chi connectivity index (χ3v) is 7.66. The van der Waals surface area contributed by atoms with Gasteiger partial charge in [-0.3, -0.25) is 9.59 Å². The number of amides is 2. The Kier molecular flexibility index (Phi) is 6.88. The predicted octanol–water partition coefficient (Wildman–Crippen LogP) is 4.07. The van der Waals surface area contributed by atoms with Crippen LogP contribution in [0.3, 0.4) is 0 Å². The first-order valence-corrected chi connectivity index (χ1v) is 13.1. The summed E-state index contributed by atoms with van der Waals surface area (Å²) in [6.45, 7) is 6.10. The van der Waals surface area contributed by atoms with Crippen molar-refractivity contribution in [1.29, 1.82) is 0 Å². The summed E-state index contributed by atoms with van der Waals surface area (Å²) >= 11 is 0. The van der Waals surface area contributed by atoms with Crippen LogP contribution in [-0.4, -0.2) is 33.9 Å². The van der Waals surface area contributed by atoms with Crippen LogP contribution in [0, 0.1) is 0 Å². The zero-order valence-electron chi connectivity index (χ0n) is 20.7. The summed E-state index contributed by atoms with van der Waals surface area (Å²) in [6.07, 6.45) is 0. The van der Waals surface area contributed by atoms with E-state index in [1.165, 1.54) is 6.07 Å². The quantitative estimate of drug-likeness (QED) is 0.478. The standard InChI is InChI=1S/C27H29N3O5S/c1-5-35-21-12-10-20(11-13-21)29-25(31)19-8-6-18(7-9-19)17-28-36(33,34)22-14-15-24-23(16-22)27(2,3)26(32)30(24)4/h6-16,28H,5,17H2,1-4H3,(H,29,31). The Morgan fingerprint density at radius 3 is 2.31 bits per heavy atom. The summed E-state index contributed by atoms with van der Waals surface area (Å²) < 4.78 is 33.9. The highest BCUT2D eigenvalue weighted by molar-refractivity contribution is 7.89. The number of nitrogens with one attached hydrogen (secondary N) is 2. The van der Waals surface area contributed by atoms with Gasteiger partial charge in [0.15, 0.2) is 0 Å². The van der Waals surface area contributed by atoms with Crippen molar-refractivity contribution in [2.75, 3.05) is 23.9 Å². The summed E-state index contributed by atoms with van der Waals surface area (Å²) in [4.78, 5) is 26.7. The molecule has 0 aromatic heterocycles. The fourth-order valence-corrected chi connectivity index (χ4v) is 5.20. The van der Waals surface area contributed by atoms with Crippen molar-refractivity contribution in [2.45, 2.75) is 37.6 Å². The van der Waals surface area contributed by atoms with Gasteiger partial charge in [-0.05, 0) is 86.5 Å². The van der Waals surface area contributed by atoms with Crippen LogP contribution in [0.15, 0.2) is 71.6 Å². The van der Waals surface area contributed by atoms with E-state index >= 15 is 0 Å². The van der Waals surface area contributed by atoms with Crippen molar-refractivity contribution in [1.82, 2.24) is 4.72 Å². The number of hydrogen-bond donors (Lipinski definition) is 2. The molecule has 2 amide bonds. The second kappa shape index (κ2) is 9.75. The van der Waals surface area contributed by atoms with Gasteiger partial charge < -0.3 is 15.0 Å². The summed E-state index contributed by atoms with van der Waals surface area (Å²) in [5.41, 5.74) is 2.39. The normalized spacial score (nSPS) is 14.4. The average molecular weight is 508 g/mol. The molecule has 0 unspecified atom stereocenters. The third-order valence-electron chi connectivity index (χ3n) is 6.26. The molecule has 8 nitrogen and oxygen atoms in total. The van der Waals surface area contributed by atoms with Crippen molar-refractivity contribution >= 4 is 33.2 Å². The van der Waals surface area contributed by atoms with Gasteiger partial charge in [-0.2, -0.15) is 0 Å². The van der Waals surface area contributed by atoms with Crippen LogP contribution in [0.4, 0.5) is 11.4 Å². The zero-order chi connectivity index (χ0) is 26.1. The van der Waals surface area contributed by atoms with Crippen molar-refractivity contribution in [3.05, 3.63) is 83.4 Å². The van der Waals surface area contributed by atoms with Gasteiger partial charge in [-0.25, -0.2) is 13.1 Å². The molecule has 1 aliphatic rings. The number of rotatable bonds is 8. The molecule has 2 N–H and O–H groups in total. The van der Waals surface area contributed by atoms with E-state index < -0.39 is 15.4 Å². The number of fused-ring (bicyclic) bond motifs is 1. The molecule has 0 atom stereocenters. The summed E-state index contributed by atoms with van der Waals surface area (Å²) in [5, 5.41) is 2.82. The minimum Gasteiger partial charge on any atom is -0.494 e. The summed E-state index contributed by atoms with van der Waals surface area (Å²) in [7, 11) is -2.12. The molecule has 0 bridgehead atoms. The van der Waals surface area contributed by atoms with E-state index in [4.69, 9.17) is 4.74 Å². The molecule has 0 saturated carbocycles. The maximum Gasteiger partial charge on any atom is 0.255 e. The van der Waals surface area contributed by atoms with Crippen LogP contribution in [0.2, 0.25) is 0 Å². The van der Waals surface area contributed by atoms with Crippen LogP contribution < -0.4 is 19.7 Å². The molecule has 4 rings (SSSR count). The number of carbonyl (C=O) groups is 2. The SMILES string of the molecule is CCOc1ccc(NC(=O)c2ccc(CNS(=O)(=O)c3ccc4c(c3)C(C)(C)C(=O)N4C)cc2)cc1. The largest absolute Gasteiger partial charge is 0.494 e. The second-order valence-electron chi connectivity index (χ2n) is 9.10.